The molecule has 0 saturated carbocycles. The van der Waals surface area contributed by atoms with Crippen LogP contribution in [0.2, 0.25) is 0 Å². The predicted molar refractivity (Wildman–Crippen MR) is 88.5 cm³/mol. The quantitative estimate of drug-likeness (QED) is 0.860. The second kappa shape index (κ2) is 6.60. The lowest BCUT2D eigenvalue weighted by atomic mass is 9.99. The molecule has 1 unspecified atom stereocenters. The summed E-state index contributed by atoms with van der Waals surface area (Å²) in [5, 5.41) is 0. The fraction of sp³-hybridized carbons (Fsp3) is 0.556. The van der Waals surface area contributed by atoms with Crippen molar-refractivity contribution >= 4 is 17.5 Å². The maximum absolute atomic E-state index is 12.4. The molecule has 5 heteroatoms. The molecule has 2 amide bonds. The molecule has 0 bridgehead atoms. The molecule has 2 aliphatic heterocycles. The minimum absolute atomic E-state index is 0.0798. The molecule has 1 fully saturated rings. The molecule has 5 nitrogen and oxygen atoms in total. The van der Waals surface area contributed by atoms with E-state index in [1.165, 1.54) is 0 Å². The van der Waals surface area contributed by atoms with Gasteiger partial charge < -0.3 is 14.5 Å². The van der Waals surface area contributed by atoms with Crippen molar-refractivity contribution in [1.29, 1.82) is 0 Å². The van der Waals surface area contributed by atoms with Gasteiger partial charge in [-0.25, -0.2) is 0 Å². The van der Waals surface area contributed by atoms with E-state index < -0.39 is 6.10 Å². The predicted octanol–water partition coefficient (Wildman–Crippen LogP) is 2.45. The van der Waals surface area contributed by atoms with Crippen LogP contribution in [0.25, 0.3) is 0 Å². The lowest BCUT2D eigenvalue weighted by Gasteiger charge is -2.34. The number of ether oxygens (including phenoxy) is 1. The number of amides is 2. The number of piperidine rings is 1. The van der Waals surface area contributed by atoms with Crippen LogP contribution in [-0.2, 0) is 9.59 Å². The van der Waals surface area contributed by atoms with Gasteiger partial charge in [0.2, 0.25) is 5.91 Å². The van der Waals surface area contributed by atoms with Gasteiger partial charge in [-0.3, -0.25) is 9.59 Å². The van der Waals surface area contributed by atoms with Crippen LogP contribution in [0, 0.1) is 5.92 Å². The zero-order chi connectivity index (χ0) is 16.4. The number of likely N-dealkylation sites (tertiary alicyclic amines) is 1. The summed E-state index contributed by atoms with van der Waals surface area (Å²) in [6.07, 6.45) is 2.00. The molecule has 1 atom stereocenters. The van der Waals surface area contributed by atoms with E-state index in [9.17, 15) is 9.59 Å². The molecule has 0 aromatic heterocycles. The highest BCUT2D eigenvalue weighted by atomic mass is 16.5. The Morgan fingerprint density at radius 1 is 1.22 bits per heavy atom. The molecular formula is C18H24N2O3. The molecule has 0 radical (unpaired) electrons. The number of benzene rings is 1. The maximum Gasteiger partial charge on any atom is 0.267 e. The summed E-state index contributed by atoms with van der Waals surface area (Å²) in [5.41, 5.74) is 0.760. The van der Waals surface area contributed by atoms with Gasteiger partial charge in [0.25, 0.3) is 5.91 Å². The molecule has 124 valence electrons. The van der Waals surface area contributed by atoms with Gasteiger partial charge in [-0.05, 0) is 37.8 Å². The van der Waals surface area contributed by atoms with Gasteiger partial charge in [0, 0.05) is 26.1 Å². The number of hydrogen-bond acceptors (Lipinski definition) is 3. The zero-order valence-corrected chi connectivity index (χ0v) is 13.8. The Hall–Kier alpha value is -2.04. The largest absolute Gasteiger partial charge is 0.479 e. The number of carbonyl (C=O) groups is 2. The fourth-order valence-corrected chi connectivity index (χ4v) is 3.21. The Labute approximate surface area is 137 Å². The van der Waals surface area contributed by atoms with Crippen LogP contribution in [0.3, 0.4) is 0 Å². The first-order chi connectivity index (χ1) is 11.1. The van der Waals surface area contributed by atoms with Crippen molar-refractivity contribution < 1.29 is 14.3 Å². The Morgan fingerprint density at radius 2 is 1.91 bits per heavy atom. The Morgan fingerprint density at radius 3 is 2.65 bits per heavy atom. The normalized spacial score (nSPS) is 21.8. The van der Waals surface area contributed by atoms with E-state index >= 15 is 0 Å². The molecule has 0 N–H and O–H groups in total. The van der Waals surface area contributed by atoms with Gasteiger partial charge in [-0.1, -0.05) is 19.1 Å². The maximum atomic E-state index is 12.4. The number of rotatable bonds is 3. The van der Waals surface area contributed by atoms with Crippen molar-refractivity contribution in [2.75, 3.05) is 24.5 Å². The summed E-state index contributed by atoms with van der Waals surface area (Å²) in [4.78, 5) is 28.4. The van der Waals surface area contributed by atoms with Crippen molar-refractivity contribution in [2.45, 2.75) is 39.2 Å². The molecular weight excluding hydrogens is 292 g/mol. The van der Waals surface area contributed by atoms with Crippen LogP contribution in [-0.4, -0.2) is 42.5 Å². The highest BCUT2D eigenvalue weighted by Crippen LogP contribution is 2.33. The summed E-state index contributed by atoms with van der Waals surface area (Å²) in [6.45, 7) is 6.06. The van der Waals surface area contributed by atoms with Crippen LogP contribution >= 0.6 is 0 Å². The van der Waals surface area contributed by atoms with Crippen molar-refractivity contribution in [3.63, 3.8) is 0 Å². The van der Waals surface area contributed by atoms with Crippen LogP contribution in [0.1, 0.15) is 33.1 Å². The van der Waals surface area contributed by atoms with Gasteiger partial charge in [0.15, 0.2) is 6.10 Å². The molecule has 2 aliphatic rings. The van der Waals surface area contributed by atoms with Crippen molar-refractivity contribution in [3.05, 3.63) is 24.3 Å². The molecule has 0 spiro atoms. The average Bonchev–Trinajstić information content (AvgIpc) is 2.55. The number of carbonyl (C=O) groups excluding carboxylic acids is 2. The fourth-order valence-electron chi connectivity index (χ4n) is 3.21. The summed E-state index contributed by atoms with van der Waals surface area (Å²) >= 11 is 0. The lowest BCUT2D eigenvalue weighted by molar-refractivity contribution is -0.132. The van der Waals surface area contributed by atoms with E-state index in [2.05, 4.69) is 6.92 Å². The van der Waals surface area contributed by atoms with E-state index in [4.69, 9.17) is 4.74 Å². The number of anilines is 1. The summed E-state index contributed by atoms with van der Waals surface area (Å²) in [7, 11) is 0. The third kappa shape index (κ3) is 3.33. The van der Waals surface area contributed by atoms with Crippen LogP contribution in [0.15, 0.2) is 24.3 Å². The zero-order valence-electron chi connectivity index (χ0n) is 13.8. The van der Waals surface area contributed by atoms with Gasteiger partial charge in [0.1, 0.15) is 5.75 Å². The Kier molecular flexibility index (Phi) is 4.55. The SMILES string of the molecule is CC1CCN(C(=O)CCN2C(=O)C(C)Oc3ccccc32)CC1. The van der Waals surface area contributed by atoms with E-state index in [0.717, 1.165) is 31.6 Å². The van der Waals surface area contributed by atoms with Crippen molar-refractivity contribution in [3.8, 4) is 5.75 Å². The Bertz CT molecular complexity index is 594. The van der Waals surface area contributed by atoms with E-state index in [-0.39, 0.29) is 11.8 Å². The van der Waals surface area contributed by atoms with Crippen LogP contribution in [0.5, 0.6) is 5.75 Å². The average molecular weight is 316 g/mol. The number of fused-ring (bicyclic) bond motifs is 1. The summed E-state index contributed by atoms with van der Waals surface area (Å²) < 4.78 is 5.62. The first kappa shape index (κ1) is 15.8. The monoisotopic (exact) mass is 316 g/mol. The van der Waals surface area contributed by atoms with Gasteiger partial charge in [0.05, 0.1) is 5.69 Å². The highest BCUT2D eigenvalue weighted by Gasteiger charge is 2.31. The van der Waals surface area contributed by atoms with Gasteiger partial charge in [-0.15, -0.1) is 0 Å². The molecule has 1 aromatic carbocycles. The third-order valence-electron chi connectivity index (χ3n) is 4.76. The van der Waals surface area contributed by atoms with Crippen LogP contribution in [0.4, 0.5) is 5.69 Å². The summed E-state index contributed by atoms with van der Waals surface area (Å²) in [6, 6.07) is 7.50. The van der Waals surface area contributed by atoms with E-state index in [0.29, 0.717) is 24.6 Å². The number of hydrogen-bond donors (Lipinski definition) is 0. The van der Waals surface area contributed by atoms with Crippen molar-refractivity contribution in [2.24, 2.45) is 5.92 Å². The molecule has 2 heterocycles. The Balaban J connectivity index is 1.65. The molecule has 0 aliphatic carbocycles. The van der Waals surface area contributed by atoms with Crippen molar-refractivity contribution in [1.82, 2.24) is 4.90 Å². The topological polar surface area (TPSA) is 49.9 Å². The standard InChI is InChI=1S/C18H24N2O3/c1-13-7-10-19(11-8-13)17(21)9-12-20-15-5-3-4-6-16(15)23-14(2)18(20)22/h3-6,13-14H,7-12H2,1-2H3. The van der Waals surface area contributed by atoms with E-state index in [1.54, 1.807) is 11.8 Å². The second-order valence-electron chi connectivity index (χ2n) is 6.53. The minimum atomic E-state index is -0.504. The third-order valence-corrected chi connectivity index (χ3v) is 4.76. The first-order valence-electron chi connectivity index (χ1n) is 8.41. The van der Waals surface area contributed by atoms with Gasteiger partial charge in [-0.2, -0.15) is 0 Å². The number of nitrogens with zero attached hydrogens (tertiary/aromatic N) is 2. The molecule has 3 rings (SSSR count). The highest BCUT2D eigenvalue weighted by molar-refractivity contribution is 6.00. The molecule has 1 saturated heterocycles. The minimum Gasteiger partial charge on any atom is -0.479 e. The summed E-state index contributed by atoms with van der Waals surface area (Å²) in [5.74, 6) is 1.47. The molecule has 1 aromatic rings. The first-order valence-corrected chi connectivity index (χ1v) is 8.41. The second-order valence-corrected chi connectivity index (χ2v) is 6.53. The van der Waals surface area contributed by atoms with E-state index in [1.807, 2.05) is 29.2 Å². The lowest BCUT2D eigenvalue weighted by Crippen LogP contribution is -2.46. The van der Waals surface area contributed by atoms with Gasteiger partial charge >= 0.3 is 0 Å². The number of para-hydroxylation sites is 2. The smallest absolute Gasteiger partial charge is 0.267 e. The van der Waals surface area contributed by atoms with Crippen LogP contribution < -0.4 is 9.64 Å². The molecule has 23 heavy (non-hydrogen) atoms.